The molecule has 1 fully saturated rings. The predicted molar refractivity (Wildman–Crippen MR) is 70.4 cm³/mol. The Hall–Kier alpha value is -1.16. The number of hydrogen-bond acceptors (Lipinski definition) is 1. The highest BCUT2D eigenvalue weighted by Crippen LogP contribution is 2.22. The molecule has 1 saturated heterocycles. The van der Waals surface area contributed by atoms with Crippen LogP contribution in [0.4, 0.5) is 8.78 Å². The topological polar surface area (TPSA) is 20.3 Å². The van der Waals surface area contributed by atoms with E-state index in [1.165, 1.54) is 6.42 Å². The average molecular weight is 288 g/mol. The minimum atomic E-state index is -1.04. The zero-order valence-electron chi connectivity index (χ0n) is 10.6. The van der Waals surface area contributed by atoms with Gasteiger partial charge in [-0.15, -0.1) is 0 Å². The van der Waals surface area contributed by atoms with Crippen LogP contribution in [0, 0.1) is 11.6 Å². The second-order valence-electron chi connectivity index (χ2n) is 4.81. The summed E-state index contributed by atoms with van der Waals surface area (Å²) in [5.74, 6) is -2.39. The van der Waals surface area contributed by atoms with Gasteiger partial charge >= 0.3 is 0 Å². The molecular formula is C14H16ClF2NO. The van der Waals surface area contributed by atoms with E-state index in [2.05, 4.69) is 0 Å². The molecule has 1 amide bonds. The highest BCUT2D eigenvalue weighted by Gasteiger charge is 2.21. The third kappa shape index (κ3) is 3.44. The number of nitrogens with zero attached hydrogens (tertiary/aromatic N) is 1. The van der Waals surface area contributed by atoms with E-state index < -0.39 is 11.6 Å². The molecule has 0 bridgehead atoms. The fourth-order valence-electron chi connectivity index (χ4n) is 2.31. The lowest BCUT2D eigenvalue weighted by Crippen LogP contribution is -2.34. The van der Waals surface area contributed by atoms with E-state index in [1.807, 2.05) is 0 Å². The molecule has 0 unspecified atom stereocenters. The van der Waals surface area contributed by atoms with E-state index >= 15 is 0 Å². The number of halogens is 3. The highest BCUT2D eigenvalue weighted by atomic mass is 35.5. The van der Waals surface area contributed by atoms with Gasteiger partial charge in [0.15, 0.2) is 11.6 Å². The number of benzene rings is 1. The number of likely N-dealkylation sites (tertiary alicyclic amines) is 1. The Morgan fingerprint density at radius 3 is 2.16 bits per heavy atom. The van der Waals surface area contributed by atoms with E-state index in [9.17, 15) is 13.6 Å². The Labute approximate surface area is 116 Å². The minimum absolute atomic E-state index is 0.0361. The van der Waals surface area contributed by atoms with Crippen molar-refractivity contribution < 1.29 is 13.6 Å². The van der Waals surface area contributed by atoms with Gasteiger partial charge in [-0.3, -0.25) is 4.79 Å². The minimum Gasteiger partial charge on any atom is -0.339 e. The first-order valence-electron chi connectivity index (χ1n) is 6.53. The first-order chi connectivity index (χ1) is 9.09. The summed E-state index contributed by atoms with van der Waals surface area (Å²) in [4.78, 5) is 14.0. The molecule has 0 atom stereocenters. The monoisotopic (exact) mass is 287 g/mol. The molecule has 19 heavy (non-hydrogen) atoms. The molecule has 0 aromatic heterocycles. The normalized spacial score (nSPS) is 16.9. The van der Waals surface area contributed by atoms with Gasteiger partial charge < -0.3 is 4.90 Å². The molecule has 1 aliphatic rings. The summed E-state index contributed by atoms with van der Waals surface area (Å²) in [5, 5.41) is -0.0361. The summed E-state index contributed by atoms with van der Waals surface area (Å²) in [6, 6.07) is 1.74. The molecular weight excluding hydrogens is 272 g/mol. The lowest BCUT2D eigenvalue weighted by atomic mass is 10.1. The molecule has 1 aliphatic heterocycles. The molecule has 0 radical (unpaired) electrons. The standard InChI is InChI=1S/C14H16ClF2NO/c15-11-9-13(17)12(16)8-10(11)14(19)18-6-4-2-1-3-5-7-18/h8-9H,1-7H2. The average Bonchev–Trinajstić information content (AvgIpc) is 2.32. The van der Waals surface area contributed by atoms with Crippen LogP contribution in [0.15, 0.2) is 12.1 Å². The Bertz CT molecular complexity index is 471. The number of amides is 1. The van der Waals surface area contributed by atoms with Crippen molar-refractivity contribution in [1.82, 2.24) is 4.90 Å². The van der Waals surface area contributed by atoms with E-state index in [4.69, 9.17) is 11.6 Å². The lowest BCUT2D eigenvalue weighted by molar-refractivity contribution is 0.0742. The number of carbonyl (C=O) groups is 1. The Morgan fingerprint density at radius 1 is 1.00 bits per heavy atom. The molecule has 5 heteroatoms. The van der Waals surface area contributed by atoms with Crippen LogP contribution in [0.1, 0.15) is 42.5 Å². The second-order valence-corrected chi connectivity index (χ2v) is 5.21. The van der Waals surface area contributed by atoms with Gasteiger partial charge in [-0.2, -0.15) is 0 Å². The van der Waals surface area contributed by atoms with Gasteiger partial charge in [0.1, 0.15) is 0 Å². The van der Waals surface area contributed by atoms with Gasteiger partial charge in [-0.1, -0.05) is 30.9 Å². The highest BCUT2D eigenvalue weighted by molar-refractivity contribution is 6.33. The molecule has 0 spiro atoms. The van der Waals surface area contributed by atoms with Crippen molar-refractivity contribution in [2.75, 3.05) is 13.1 Å². The Balaban J connectivity index is 2.20. The van der Waals surface area contributed by atoms with Crippen LogP contribution >= 0.6 is 11.6 Å². The first-order valence-corrected chi connectivity index (χ1v) is 6.91. The molecule has 2 rings (SSSR count). The molecule has 2 nitrogen and oxygen atoms in total. The van der Waals surface area contributed by atoms with Crippen molar-refractivity contribution in [3.8, 4) is 0 Å². The Morgan fingerprint density at radius 2 is 1.53 bits per heavy atom. The number of rotatable bonds is 1. The lowest BCUT2D eigenvalue weighted by Gasteiger charge is -2.25. The van der Waals surface area contributed by atoms with Crippen LogP contribution in [0.25, 0.3) is 0 Å². The third-order valence-electron chi connectivity index (χ3n) is 3.38. The van der Waals surface area contributed by atoms with Crippen LogP contribution in [0.3, 0.4) is 0 Å². The SMILES string of the molecule is O=C(c1cc(F)c(F)cc1Cl)N1CCCCCCC1. The Kier molecular flexibility index (Phi) is 4.75. The van der Waals surface area contributed by atoms with Crippen LogP contribution in [0.2, 0.25) is 5.02 Å². The smallest absolute Gasteiger partial charge is 0.255 e. The van der Waals surface area contributed by atoms with Crippen molar-refractivity contribution in [2.24, 2.45) is 0 Å². The molecule has 1 aromatic carbocycles. The molecule has 0 N–H and O–H groups in total. The van der Waals surface area contributed by atoms with Gasteiger partial charge in [0.05, 0.1) is 10.6 Å². The van der Waals surface area contributed by atoms with Crippen LogP contribution in [-0.2, 0) is 0 Å². The predicted octanol–water partition coefficient (Wildman–Crippen LogP) is 4.02. The van der Waals surface area contributed by atoms with E-state index in [0.717, 1.165) is 37.8 Å². The van der Waals surface area contributed by atoms with Gasteiger partial charge in [0.25, 0.3) is 5.91 Å². The van der Waals surface area contributed by atoms with E-state index in [1.54, 1.807) is 4.90 Å². The van der Waals surface area contributed by atoms with Crippen molar-refractivity contribution in [1.29, 1.82) is 0 Å². The molecule has 1 aromatic rings. The van der Waals surface area contributed by atoms with Gasteiger partial charge in [0, 0.05) is 13.1 Å². The summed E-state index contributed by atoms with van der Waals surface area (Å²) in [6.07, 6.45) is 5.25. The van der Waals surface area contributed by atoms with Gasteiger partial charge in [-0.05, 0) is 25.0 Å². The van der Waals surface area contributed by atoms with E-state index in [0.29, 0.717) is 13.1 Å². The van der Waals surface area contributed by atoms with Crippen molar-refractivity contribution in [3.05, 3.63) is 34.4 Å². The first kappa shape index (κ1) is 14.3. The zero-order valence-corrected chi connectivity index (χ0v) is 11.3. The quantitative estimate of drug-likeness (QED) is 0.714. The molecule has 0 aliphatic carbocycles. The summed E-state index contributed by atoms with van der Waals surface area (Å²) in [5.41, 5.74) is 0.0427. The van der Waals surface area contributed by atoms with Gasteiger partial charge in [0.2, 0.25) is 0 Å². The number of carbonyl (C=O) groups excluding carboxylic acids is 1. The fraction of sp³-hybridized carbons (Fsp3) is 0.500. The van der Waals surface area contributed by atoms with Gasteiger partial charge in [-0.25, -0.2) is 8.78 Å². The van der Waals surface area contributed by atoms with Crippen molar-refractivity contribution in [2.45, 2.75) is 32.1 Å². The van der Waals surface area contributed by atoms with Crippen molar-refractivity contribution >= 4 is 17.5 Å². The maximum absolute atomic E-state index is 13.2. The zero-order chi connectivity index (χ0) is 13.8. The fourth-order valence-corrected chi connectivity index (χ4v) is 2.54. The maximum atomic E-state index is 13.2. The van der Waals surface area contributed by atoms with Crippen LogP contribution < -0.4 is 0 Å². The summed E-state index contributed by atoms with van der Waals surface area (Å²) >= 11 is 5.83. The van der Waals surface area contributed by atoms with E-state index in [-0.39, 0.29) is 16.5 Å². The summed E-state index contributed by atoms with van der Waals surface area (Å²) < 4.78 is 26.2. The van der Waals surface area contributed by atoms with Crippen LogP contribution in [-0.4, -0.2) is 23.9 Å². The second kappa shape index (κ2) is 6.33. The molecule has 104 valence electrons. The number of hydrogen-bond donors (Lipinski definition) is 0. The summed E-state index contributed by atoms with van der Waals surface area (Å²) in [6.45, 7) is 1.29. The van der Waals surface area contributed by atoms with Crippen molar-refractivity contribution in [3.63, 3.8) is 0 Å². The summed E-state index contributed by atoms with van der Waals surface area (Å²) in [7, 11) is 0. The molecule has 0 saturated carbocycles. The largest absolute Gasteiger partial charge is 0.339 e. The maximum Gasteiger partial charge on any atom is 0.255 e. The third-order valence-corrected chi connectivity index (χ3v) is 3.70. The molecule has 1 heterocycles. The van der Waals surface area contributed by atoms with Crippen LogP contribution in [0.5, 0.6) is 0 Å².